The monoisotopic (exact) mass is 464 g/mol. The third kappa shape index (κ3) is 5.20. The lowest BCUT2D eigenvalue weighted by Gasteiger charge is -2.16. The van der Waals surface area contributed by atoms with Crippen LogP contribution >= 0.6 is 11.3 Å². The highest BCUT2D eigenvalue weighted by Crippen LogP contribution is 2.36. The molecule has 1 aromatic carbocycles. The van der Waals surface area contributed by atoms with Crippen LogP contribution < -0.4 is 15.4 Å². The number of methoxy groups -OCH3 is 1. The third-order valence-corrected chi connectivity index (χ3v) is 6.58. The summed E-state index contributed by atoms with van der Waals surface area (Å²) in [5.74, 6) is 2.03. The van der Waals surface area contributed by atoms with Crippen LogP contribution in [0.25, 0.3) is 20.8 Å². The lowest BCUT2D eigenvalue weighted by Crippen LogP contribution is -2.14. The van der Waals surface area contributed by atoms with Crippen molar-refractivity contribution in [2.45, 2.75) is 26.7 Å². The van der Waals surface area contributed by atoms with Gasteiger partial charge < -0.3 is 20.5 Å². The van der Waals surface area contributed by atoms with Crippen molar-refractivity contribution < 1.29 is 9.84 Å². The van der Waals surface area contributed by atoms with Gasteiger partial charge in [0, 0.05) is 19.3 Å². The number of ether oxygens (including phenoxy) is 1. The number of thiazole rings is 1. The van der Waals surface area contributed by atoms with Crippen molar-refractivity contribution in [1.29, 1.82) is 0 Å². The van der Waals surface area contributed by atoms with Gasteiger partial charge in [0.15, 0.2) is 5.75 Å². The van der Waals surface area contributed by atoms with E-state index in [0.717, 1.165) is 45.0 Å². The van der Waals surface area contributed by atoms with Gasteiger partial charge >= 0.3 is 0 Å². The molecular formula is C24H28N6O2S. The number of aromatic nitrogens is 4. The van der Waals surface area contributed by atoms with Gasteiger partial charge in [-0.25, -0.2) is 9.97 Å². The minimum atomic E-state index is 0.181. The molecule has 4 aromatic rings. The molecule has 3 heterocycles. The van der Waals surface area contributed by atoms with Crippen molar-refractivity contribution in [3.8, 4) is 16.3 Å². The molecule has 8 nitrogen and oxygen atoms in total. The normalized spacial score (nSPS) is 12.0. The fourth-order valence-electron chi connectivity index (χ4n) is 3.58. The predicted molar refractivity (Wildman–Crippen MR) is 133 cm³/mol. The molecule has 0 bridgehead atoms. The standard InChI is InChI=1S/C24H28N6O2S/c1-4-16(14-31)9-12-26-22-21(23-28-18-7-5-6-8-20(18)33-23)15(2)27-24(30-22)29-17-10-11-25-13-19(17)32-3/h5-8,10-11,13,16,31H,4,9,12,14H2,1-3H3,(H2,25,26,27,29,30). The lowest BCUT2D eigenvalue weighted by molar-refractivity contribution is 0.217. The van der Waals surface area contributed by atoms with E-state index >= 15 is 0 Å². The molecule has 0 saturated carbocycles. The summed E-state index contributed by atoms with van der Waals surface area (Å²) in [6, 6.07) is 9.90. The van der Waals surface area contributed by atoms with Crippen molar-refractivity contribution >= 4 is 39.0 Å². The Hall–Kier alpha value is -3.30. The van der Waals surface area contributed by atoms with Crippen LogP contribution in [0, 0.1) is 12.8 Å². The maximum atomic E-state index is 9.55. The van der Waals surface area contributed by atoms with Crippen molar-refractivity contribution in [3.05, 3.63) is 48.4 Å². The van der Waals surface area contributed by atoms with Crippen LogP contribution in [0.5, 0.6) is 5.75 Å². The molecular weight excluding hydrogens is 436 g/mol. The van der Waals surface area contributed by atoms with E-state index in [1.165, 1.54) is 0 Å². The van der Waals surface area contributed by atoms with Crippen molar-refractivity contribution in [1.82, 2.24) is 19.9 Å². The summed E-state index contributed by atoms with van der Waals surface area (Å²) in [4.78, 5) is 18.4. The molecule has 172 valence electrons. The number of hydrogen-bond donors (Lipinski definition) is 3. The molecule has 9 heteroatoms. The van der Waals surface area contributed by atoms with Crippen LogP contribution in [0.4, 0.5) is 17.5 Å². The van der Waals surface area contributed by atoms with E-state index in [1.54, 1.807) is 30.8 Å². The first-order chi connectivity index (χ1) is 16.1. The van der Waals surface area contributed by atoms with Crippen molar-refractivity contribution in [2.24, 2.45) is 5.92 Å². The van der Waals surface area contributed by atoms with Gasteiger partial charge in [-0.15, -0.1) is 11.3 Å². The molecule has 33 heavy (non-hydrogen) atoms. The average molecular weight is 465 g/mol. The number of aliphatic hydroxyl groups excluding tert-OH is 1. The molecule has 0 aliphatic heterocycles. The summed E-state index contributed by atoms with van der Waals surface area (Å²) < 4.78 is 6.51. The fraction of sp³-hybridized carbons (Fsp3) is 0.333. The number of anilines is 3. The van der Waals surface area contributed by atoms with E-state index in [9.17, 15) is 5.11 Å². The molecule has 0 aliphatic rings. The summed E-state index contributed by atoms with van der Waals surface area (Å²) >= 11 is 1.62. The number of para-hydroxylation sites is 1. The molecule has 1 unspecified atom stereocenters. The Labute approximate surface area is 197 Å². The van der Waals surface area contributed by atoms with E-state index in [-0.39, 0.29) is 12.5 Å². The number of aliphatic hydroxyl groups is 1. The molecule has 0 radical (unpaired) electrons. The first-order valence-corrected chi connectivity index (χ1v) is 11.8. The first-order valence-electron chi connectivity index (χ1n) is 11.0. The SMILES string of the molecule is CCC(CO)CCNc1nc(Nc2ccncc2OC)nc(C)c1-c1nc2ccccc2s1. The number of rotatable bonds is 10. The molecule has 0 amide bonds. The van der Waals surface area contributed by atoms with Gasteiger partial charge in [0.05, 0.1) is 40.5 Å². The highest BCUT2D eigenvalue weighted by atomic mass is 32.1. The van der Waals surface area contributed by atoms with Crippen LogP contribution in [-0.4, -0.2) is 45.3 Å². The Bertz CT molecular complexity index is 1190. The Morgan fingerprint density at radius 2 is 2.00 bits per heavy atom. The van der Waals surface area contributed by atoms with Gasteiger partial charge in [-0.1, -0.05) is 25.5 Å². The second-order valence-electron chi connectivity index (χ2n) is 7.72. The molecule has 0 spiro atoms. The Kier molecular flexibility index (Phi) is 7.31. The van der Waals surface area contributed by atoms with Gasteiger partial charge in [0.2, 0.25) is 5.95 Å². The number of hydrogen-bond acceptors (Lipinski definition) is 9. The second-order valence-corrected chi connectivity index (χ2v) is 8.75. The number of nitrogens with zero attached hydrogens (tertiary/aromatic N) is 4. The number of pyridine rings is 1. The van der Waals surface area contributed by atoms with Crippen LogP contribution in [0.1, 0.15) is 25.5 Å². The zero-order valence-corrected chi connectivity index (χ0v) is 19.8. The molecule has 0 fully saturated rings. The number of nitrogens with one attached hydrogen (secondary N) is 2. The van der Waals surface area contributed by atoms with E-state index in [0.29, 0.717) is 24.1 Å². The van der Waals surface area contributed by atoms with E-state index < -0.39 is 0 Å². The smallest absolute Gasteiger partial charge is 0.229 e. The van der Waals surface area contributed by atoms with Gasteiger partial charge in [-0.3, -0.25) is 4.98 Å². The van der Waals surface area contributed by atoms with Gasteiger partial charge in [-0.2, -0.15) is 4.98 Å². The topological polar surface area (TPSA) is 105 Å². The van der Waals surface area contributed by atoms with Gasteiger partial charge in [-0.05, 0) is 37.5 Å². The zero-order chi connectivity index (χ0) is 23.2. The summed E-state index contributed by atoms with van der Waals surface area (Å²) in [6.07, 6.45) is 5.10. The highest BCUT2D eigenvalue weighted by molar-refractivity contribution is 7.21. The summed E-state index contributed by atoms with van der Waals surface area (Å²) in [5.41, 5.74) is 3.39. The summed E-state index contributed by atoms with van der Waals surface area (Å²) in [6.45, 7) is 4.92. The molecule has 3 aromatic heterocycles. The van der Waals surface area contributed by atoms with Crippen LogP contribution in [-0.2, 0) is 0 Å². The Morgan fingerprint density at radius 1 is 1.15 bits per heavy atom. The first kappa shape index (κ1) is 22.9. The van der Waals surface area contributed by atoms with E-state index in [4.69, 9.17) is 19.7 Å². The largest absolute Gasteiger partial charge is 0.493 e. The Balaban J connectivity index is 1.71. The minimum Gasteiger partial charge on any atom is -0.493 e. The van der Waals surface area contributed by atoms with Gasteiger partial charge in [0.1, 0.15) is 10.8 Å². The van der Waals surface area contributed by atoms with Gasteiger partial charge in [0.25, 0.3) is 0 Å². The van der Waals surface area contributed by atoms with E-state index in [2.05, 4.69) is 28.6 Å². The number of benzene rings is 1. The number of aryl methyl sites for hydroxylation is 1. The fourth-order valence-corrected chi connectivity index (χ4v) is 4.64. The summed E-state index contributed by atoms with van der Waals surface area (Å²) in [5, 5.41) is 17.1. The average Bonchev–Trinajstić information content (AvgIpc) is 3.25. The molecule has 4 rings (SSSR count). The Morgan fingerprint density at radius 3 is 2.76 bits per heavy atom. The minimum absolute atomic E-state index is 0.181. The van der Waals surface area contributed by atoms with Crippen molar-refractivity contribution in [3.63, 3.8) is 0 Å². The van der Waals surface area contributed by atoms with E-state index in [1.807, 2.05) is 31.2 Å². The third-order valence-electron chi connectivity index (χ3n) is 5.53. The highest BCUT2D eigenvalue weighted by Gasteiger charge is 2.18. The predicted octanol–water partition coefficient (Wildman–Crippen LogP) is 5.03. The molecule has 1 atom stereocenters. The van der Waals surface area contributed by atoms with Crippen LogP contribution in [0.2, 0.25) is 0 Å². The molecule has 0 saturated heterocycles. The lowest BCUT2D eigenvalue weighted by atomic mass is 10.0. The summed E-state index contributed by atoms with van der Waals surface area (Å²) in [7, 11) is 1.60. The second kappa shape index (κ2) is 10.5. The number of fused-ring (bicyclic) bond motifs is 1. The maximum Gasteiger partial charge on any atom is 0.229 e. The maximum absolute atomic E-state index is 9.55. The molecule has 3 N–H and O–H groups in total. The molecule has 0 aliphatic carbocycles. The van der Waals surface area contributed by atoms with Crippen molar-refractivity contribution in [2.75, 3.05) is 30.9 Å². The van der Waals surface area contributed by atoms with Crippen LogP contribution in [0.15, 0.2) is 42.7 Å². The van der Waals surface area contributed by atoms with Crippen LogP contribution in [0.3, 0.4) is 0 Å². The quantitative estimate of drug-likeness (QED) is 0.300. The zero-order valence-electron chi connectivity index (χ0n) is 19.0.